The minimum atomic E-state index is 1.20. The van der Waals surface area contributed by atoms with E-state index in [1.807, 2.05) is 0 Å². The predicted octanol–water partition coefficient (Wildman–Crippen LogP) is 7.19. The van der Waals surface area contributed by atoms with Gasteiger partial charge in [-0.3, -0.25) is 0 Å². The van der Waals surface area contributed by atoms with Gasteiger partial charge in [0.15, 0.2) is 0 Å². The van der Waals surface area contributed by atoms with Gasteiger partial charge in [-0.1, -0.05) is 78.4 Å². The maximum absolute atomic E-state index is 3.47. The summed E-state index contributed by atoms with van der Waals surface area (Å²) in [6.45, 7) is 2.12. The molecule has 0 fully saturated rings. The first-order valence-electron chi connectivity index (χ1n) is 9.20. The van der Waals surface area contributed by atoms with Gasteiger partial charge in [-0.05, 0) is 49.1 Å². The van der Waals surface area contributed by atoms with Crippen molar-refractivity contribution in [3.8, 4) is 11.1 Å². The van der Waals surface area contributed by atoms with Crippen LogP contribution in [-0.2, 0) is 0 Å². The van der Waals surface area contributed by atoms with Gasteiger partial charge in [-0.2, -0.15) is 0 Å². The fourth-order valence-electron chi connectivity index (χ4n) is 3.32. The summed E-state index contributed by atoms with van der Waals surface area (Å²) < 4.78 is 0. The molecule has 0 bridgehead atoms. The normalized spacial score (nSPS) is 13.0. The fourth-order valence-corrected chi connectivity index (χ4v) is 3.32. The first-order valence-corrected chi connectivity index (χ1v) is 9.20. The Morgan fingerprint density at radius 2 is 1.31 bits per heavy atom. The van der Waals surface area contributed by atoms with Gasteiger partial charge in [-0.15, -0.1) is 0 Å². The van der Waals surface area contributed by atoms with Crippen molar-refractivity contribution in [2.24, 2.45) is 0 Å². The molecule has 0 radical (unpaired) electrons. The van der Waals surface area contributed by atoms with Crippen LogP contribution in [0.1, 0.15) is 18.4 Å². The monoisotopic (exact) mass is 337 g/mol. The van der Waals surface area contributed by atoms with Crippen LogP contribution >= 0.6 is 0 Å². The maximum atomic E-state index is 3.47. The lowest BCUT2D eigenvalue weighted by atomic mass is 10.0. The van der Waals surface area contributed by atoms with Crippen LogP contribution in [0.15, 0.2) is 91.0 Å². The van der Waals surface area contributed by atoms with E-state index in [1.165, 1.54) is 51.3 Å². The minimum Gasteiger partial charge on any atom is -0.355 e. The lowest BCUT2D eigenvalue weighted by molar-refractivity contribution is 1.04. The molecule has 1 nitrogen and oxygen atoms in total. The van der Waals surface area contributed by atoms with Crippen molar-refractivity contribution in [3.63, 3.8) is 0 Å². The van der Waals surface area contributed by atoms with Crippen LogP contribution < -0.4 is 0 Å². The van der Waals surface area contributed by atoms with Gasteiger partial charge in [0.05, 0.1) is 0 Å². The molecule has 0 saturated heterocycles. The Morgan fingerprint density at radius 1 is 0.654 bits per heavy atom. The maximum Gasteiger partial charge on any atom is 0.0465 e. The third-order valence-corrected chi connectivity index (χ3v) is 4.77. The second kappa shape index (κ2) is 7.45. The molecule has 26 heavy (non-hydrogen) atoms. The summed E-state index contributed by atoms with van der Waals surface area (Å²) in [7, 11) is 0. The summed E-state index contributed by atoms with van der Waals surface area (Å²) in [6, 6.07) is 23.8. The molecule has 1 aliphatic rings. The lowest BCUT2D eigenvalue weighted by Crippen LogP contribution is -1.78. The Hall–Kier alpha value is -3.06. The SMILES string of the molecule is C1=CCCC=C1.Cc1ccc(-c2ccc3[nH]c4ccccc4c3c2)cc1. The highest BCUT2D eigenvalue weighted by Gasteiger charge is 2.05. The molecule has 1 N–H and O–H groups in total. The Bertz CT molecular complexity index is 1070. The highest BCUT2D eigenvalue weighted by molar-refractivity contribution is 6.08. The Kier molecular flexibility index (Phi) is 4.70. The first kappa shape index (κ1) is 16.4. The molecule has 0 atom stereocenters. The molecular weight excluding hydrogens is 314 g/mol. The largest absolute Gasteiger partial charge is 0.355 e. The summed E-state index contributed by atoms with van der Waals surface area (Å²) in [5.41, 5.74) is 6.22. The Labute approximate surface area is 154 Å². The van der Waals surface area contributed by atoms with Crippen LogP contribution in [0.4, 0.5) is 0 Å². The summed E-state index contributed by atoms with van der Waals surface area (Å²) in [5.74, 6) is 0. The number of hydrogen-bond donors (Lipinski definition) is 1. The van der Waals surface area contributed by atoms with E-state index in [9.17, 15) is 0 Å². The first-order chi connectivity index (χ1) is 12.8. The number of nitrogens with one attached hydrogen (secondary N) is 1. The predicted molar refractivity (Wildman–Crippen MR) is 113 cm³/mol. The third kappa shape index (κ3) is 3.48. The highest BCUT2D eigenvalue weighted by Crippen LogP contribution is 2.29. The van der Waals surface area contributed by atoms with Crippen LogP contribution in [0.2, 0.25) is 0 Å². The van der Waals surface area contributed by atoms with Gasteiger partial charge in [-0.25, -0.2) is 0 Å². The van der Waals surface area contributed by atoms with Gasteiger partial charge < -0.3 is 4.98 Å². The summed E-state index contributed by atoms with van der Waals surface area (Å²) >= 11 is 0. The second-order valence-corrected chi connectivity index (χ2v) is 6.73. The molecule has 4 aromatic rings. The van der Waals surface area contributed by atoms with Crippen LogP contribution in [-0.4, -0.2) is 4.98 Å². The van der Waals surface area contributed by atoms with E-state index < -0.39 is 0 Å². The number of benzene rings is 3. The number of hydrogen-bond acceptors (Lipinski definition) is 0. The van der Waals surface area contributed by atoms with E-state index in [-0.39, 0.29) is 0 Å². The minimum absolute atomic E-state index is 1.20. The molecule has 0 aliphatic heterocycles. The molecule has 1 heteroatoms. The number of fused-ring (bicyclic) bond motifs is 3. The smallest absolute Gasteiger partial charge is 0.0465 e. The highest BCUT2D eigenvalue weighted by atomic mass is 14.7. The molecule has 128 valence electrons. The van der Waals surface area contributed by atoms with E-state index in [0.717, 1.165) is 0 Å². The summed E-state index contributed by atoms with van der Waals surface area (Å²) in [6.07, 6.45) is 11.0. The Balaban J connectivity index is 0.000000240. The second-order valence-electron chi connectivity index (χ2n) is 6.73. The number of aromatic amines is 1. The Morgan fingerprint density at radius 3 is 2.00 bits per heavy atom. The molecule has 1 aliphatic carbocycles. The topological polar surface area (TPSA) is 15.8 Å². The molecule has 5 rings (SSSR count). The van der Waals surface area contributed by atoms with Gasteiger partial charge >= 0.3 is 0 Å². The zero-order valence-electron chi connectivity index (χ0n) is 15.1. The van der Waals surface area contributed by atoms with Crippen LogP contribution in [0.3, 0.4) is 0 Å². The van der Waals surface area contributed by atoms with Crippen LogP contribution in [0, 0.1) is 6.92 Å². The average Bonchev–Trinajstić information content (AvgIpc) is 3.08. The van der Waals surface area contributed by atoms with Crippen molar-refractivity contribution < 1.29 is 0 Å². The fraction of sp³-hybridized carbons (Fsp3) is 0.120. The lowest BCUT2D eigenvalue weighted by Gasteiger charge is -2.03. The number of rotatable bonds is 1. The van der Waals surface area contributed by atoms with Crippen molar-refractivity contribution in [3.05, 3.63) is 96.6 Å². The number of para-hydroxylation sites is 1. The number of aryl methyl sites for hydroxylation is 1. The summed E-state index contributed by atoms with van der Waals surface area (Å²) in [5, 5.41) is 2.58. The van der Waals surface area contributed by atoms with Crippen LogP contribution in [0.5, 0.6) is 0 Å². The van der Waals surface area contributed by atoms with E-state index >= 15 is 0 Å². The molecular formula is C25H23N. The van der Waals surface area contributed by atoms with E-state index in [1.54, 1.807) is 0 Å². The van der Waals surface area contributed by atoms with Crippen molar-refractivity contribution in [2.75, 3.05) is 0 Å². The standard InChI is InChI=1S/C19H15N.C6H8/c1-13-6-8-14(9-7-13)15-10-11-19-17(12-15)16-4-2-3-5-18(16)20-19;1-2-4-6-5-3-1/h2-12,20H,1H3;1-4H,5-6H2. The van der Waals surface area contributed by atoms with Crippen molar-refractivity contribution in [1.29, 1.82) is 0 Å². The van der Waals surface area contributed by atoms with Gasteiger partial charge in [0.1, 0.15) is 0 Å². The number of H-pyrrole nitrogens is 1. The van der Waals surface area contributed by atoms with Crippen molar-refractivity contribution in [2.45, 2.75) is 19.8 Å². The van der Waals surface area contributed by atoms with Crippen molar-refractivity contribution in [1.82, 2.24) is 4.98 Å². The number of aromatic nitrogens is 1. The molecule has 1 aromatic heterocycles. The molecule has 0 spiro atoms. The molecule has 0 saturated carbocycles. The number of allylic oxidation sites excluding steroid dienone is 4. The van der Waals surface area contributed by atoms with Gasteiger partial charge in [0, 0.05) is 21.8 Å². The third-order valence-electron chi connectivity index (χ3n) is 4.77. The molecule has 0 amide bonds. The van der Waals surface area contributed by atoms with E-state index in [4.69, 9.17) is 0 Å². The molecule has 3 aromatic carbocycles. The van der Waals surface area contributed by atoms with Crippen LogP contribution in [0.25, 0.3) is 32.9 Å². The van der Waals surface area contributed by atoms with Gasteiger partial charge in [0.2, 0.25) is 0 Å². The zero-order chi connectivity index (χ0) is 17.8. The van der Waals surface area contributed by atoms with E-state index in [2.05, 4.69) is 103 Å². The zero-order valence-corrected chi connectivity index (χ0v) is 15.1. The summed E-state index contributed by atoms with van der Waals surface area (Å²) in [4.78, 5) is 3.47. The quantitative estimate of drug-likeness (QED) is 0.378. The average molecular weight is 337 g/mol. The molecule has 0 unspecified atom stereocenters. The van der Waals surface area contributed by atoms with Gasteiger partial charge in [0.25, 0.3) is 0 Å². The molecule has 1 heterocycles. The van der Waals surface area contributed by atoms with E-state index in [0.29, 0.717) is 0 Å². The van der Waals surface area contributed by atoms with Crippen molar-refractivity contribution >= 4 is 21.8 Å².